The molecule has 0 amide bonds. The molecule has 1 rings (SSSR count). The second-order valence-electron chi connectivity index (χ2n) is 2.05. The van der Waals surface area contributed by atoms with Gasteiger partial charge in [-0.1, -0.05) is 0 Å². The molecule has 0 aromatic heterocycles. The van der Waals surface area contributed by atoms with Gasteiger partial charge in [0.15, 0.2) is 0 Å². The summed E-state index contributed by atoms with van der Waals surface area (Å²) in [5.41, 5.74) is 0. The Kier molecular flexibility index (Phi) is 1.62. The topological polar surface area (TPSA) is 3.01 Å². The summed E-state index contributed by atoms with van der Waals surface area (Å²) in [6, 6.07) is 0. The van der Waals surface area contributed by atoms with Crippen molar-refractivity contribution in [1.29, 1.82) is 0 Å². The molecule has 1 fully saturated rings. The summed E-state index contributed by atoms with van der Waals surface area (Å²) in [5.74, 6) is 0. The minimum absolute atomic E-state index is 0.382. The maximum atomic E-state index is 2.86. The minimum atomic E-state index is 0.382. The molecule has 3 atom stereocenters. The Balaban J connectivity index is 2.30. The summed E-state index contributed by atoms with van der Waals surface area (Å²) < 4.78 is 2.51. The van der Waals surface area contributed by atoms with Crippen LogP contribution in [0.3, 0.4) is 0 Å². The van der Waals surface area contributed by atoms with E-state index in [1.54, 1.807) is 0 Å². The molecule has 0 aliphatic carbocycles. The SMILES string of the molecule is C[I-]N1CC1(C)P. The predicted octanol–water partition coefficient (Wildman–Crippen LogP) is -2.47. The fourth-order valence-corrected chi connectivity index (χ4v) is 3.84. The molecule has 1 aliphatic rings. The van der Waals surface area contributed by atoms with Gasteiger partial charge in [-0.05, 0) is 0 Å². The number of alkyl halides is 1. The van der Waals surface area contributed by atoms with E-state index in [1.165, 1.54) is 6.54 Å². The fourth-order valence-electron chi connectivity index (χ4n) is 0.499. The Hall–Kier alpha value is 1.12. The molecule has 1 heterocycles. The monoisotopic (exact) mass is 230 g/mol. The van der Waals surface area contributed by atoms with Crippen molar-refractivity contribution in [3.8, 4) is 0 Å². The van der Waals surface area contributed by atoms with Gasteiger partial charge in [0.2, 0.25) is 0 Å². The van der Waals surface area contributed by atoms with Crippen LogP contribution in [0.15, 0.2) is 0 Å². The van der Waals surface area contributed by atoms with Crippen molar-refractivity contribution in [2.45, 2.75) is 12.2 Å². The van der Waals surface area contributed by atoms with Gasteiger partial charge in [0.1, 0.15) is 0 Å². The van der Waals surface area contributed by atoms with Gasteiger partial charge in [-0.3, -0.25) is 0 Å². The van der Waals surface area contributed by atoms with Crippen LogP contribution < -0.4 is 21.5 Å². The van der Waals surface area contributed by atoms with Gasteiger partial charge in [-0.2, -0.15) is 0 Å². The Morgan fingerprint density at radius 1 is 1.86 bits per heavy atom. The van der Waals surface area contributed by atoms with Crippen molar-refractivity contribution < 1.29 is 21.5 Å². The Morgan fingerprint density at radius 3 is 2.29 bits per heavy atom. The van der Waals surface area contributed by atoms with E-state index in [4.69, 9.17) is 0 Å². The van der Waals surface area contributed by atoms with Crippen LogP contribution in [0.2, 0.25) is 0 Å². The normalized spacial score (nSPS) is 49.9. The third-order valence-electron chi connectivity index (χ3n) is 1.11. The van der Waals surface area contributed by atoms with Crippen molar-refractivity contribution in [3.63, 3.8) is 0 Å². The van der Waals surface area contributed by atoms with E-state index in [1.807, 2.05) is 0 Å². The summed E-state index contributed by atoms with van der Waals surface area (Å²) in [4.78, 5) is 2.30. The molecule has 0 spiro atoms. The zero-order chi connectivity index (χ0) is 5.49. The quantitative estimate of drug-likeness (QED) is 0.158. The van der Waals surface area contributed by atoms with Crippen molar-refractivity contribution in [2.75, 3.05) is 11.5 Å². The van der Waals surface area contributed by atoms with Crippen LogP contribution in [-0.2, 0) is 0 Å². The maximum absolute atomic E-state index is 2.86. The first-order chi connectivity index (χ1) is 3.17. The van der Waals surface area contributed by atoms with Gasteiger partial charge in [-0.15, -0.1) is 0 Å². The molecule has 0 aromatic rings. The molecule has 3 heteroatoms. The average molecular weight is 230 g/mol. The van der Waals surface area contributed by atoms with Crippen molar-refractivity contribution in [1.82, 2.24) is 3.11 Å². The van der Waals surface area contributed by atoms with Crippen LogP contribution >= 0.6 is 9.24 Å². The van der Waals surface area contributed by atoms with E-state index < -0.39 is 0 Å². The molecule has 1 aliphatic heterocycles. The number of rotatable bonds is 1. The van der Waals surface area contributed by atoms with Gasteiger partial charge >= 0.3 is 57.5 Å². The van der Waals surface area contributed by atoms with Crippen LogP contribution in [0.5, 0.6) is 0 Å². The molecule has 0 aromatic carbocycles. The van der Waals surface area contributed by atoms with E-state index >= 15 is 0 Å². The van der Waals surface area contributed by atoms with Gasteiger partial charge in [0.25, 0.3) is 0 Å². The predicted molar refractivity (Wildman–Crippen MR) is 30.7 cm³/mol. The fraction of sp³-hybridized carbons (Fsp3) is 1.00. The third-order valence-corrected chi connectivity index (χ3v) is 4.74. The zero-order valence-electron chi connectivity index (χ0n) is 4.61. The first-order valence-electron chi connectivity index (χ1n) is 2.23. The van der Waals surface area contributed by atoms with Crippen LogP contribution in [0.4, 0.5) is 0 Å². The van der Waals surface area contributed by atoms with Crippen molar-refractivity contribution >= 4 is 9.24 Å². The van der Waals surface area contributed by atoms with Crippen LogP contribution in [-0.4, -0.2) is 19.9 Å². The Morgan fingerprint density at radius 2 is 2.29 bits per heavy atom. The molecular weight excluding hydrogens is 220 g/mol. The molecule has 0 saturated carbocycles. The average Bonchev–Trinajstić information content (AvgIpc) is 2.13. The van der Waals surface area contributed by atoms with E-state index in [-0.39, 0.29) is 0 Å². The number of hydrogen-bond donors (Lipinski definition) is 0. The van der Waals surface area contributed by atoms with Crippen LogP contribution in [0, 0.1) is 0 Å². The van der Waals surface area contributed by atoms with E-state index in [0.717, 1.165) is 0 Å². The number of nitrogens with zero attached hydrogens (tertiary/aromatic N) is 1. The van der Waals surface area contributed by atoms with E-state index in [0.29, 0.717) is 26.8 Å². The molecular formula is C4H10INP-. The summed E-state index contributed by atoms with van der Waals surface area (Å²) in [7, 11) is 2.86. The third kappa shape index (κ3) is 1.27. The Labute approximate surface area is 57.7 Å². The summed E-state index contributed by atoms with van der Waals surface area (Å²) >= 11 is 0.382. The first-order valence-corrected chi connectivity index (χ1v) is 5.93. The van der Waals surface area contributed by atoms with Crippen LogP contribution in [0.25, 0.3) is 0 Å². The first kappa shape index (κ1) is 6.24. The molecule has 7 heavy (non-hydrogen) atoms. The number of hydrogen-bond acceptors (Lipinski definition) is 1. The van der Waals surface area contributed by atoms with E-state index in [9.17, 15) is 0 Å². The van der Waals surface area contributed by atoms with Gasteiger partial charge in [0.05, 0.1) is 0 Å². The van der Waals surface area contributed by atoms with Gasteiger partial charge < -0.3 is 0 Å². The molecule has 44 valence electrons. The zero-order valence-corrected chi connectivity index (χ0v) is 7.92. The van der Waals surface area contributed by atoms with Crippen LogP contribution in [0.1, 0.15) is 6.92 Å². The van der Waals surface area contributed by atoms with E-state index in [2.05, 4.69) is 24.2 Å². The summed E-state index contributed by atoms with van der Waals surface area (Å²) in [5, 5.41) is 0.516. The second kappa shape index (κ2) is 1.82. The second-order valence-corrected chi connectivity index (χ2v) is 5.42. The van der Waals surface area contributed by atoms with Crippen molar-refractivity contribution in [3.05, 3.63) is 0 Å². The molecule has 1 saturated heterocycles. The molecule has 1 nitrogen and oxygen atoms in total. The molecule has 0 bridgehead atoms. The standard InChI is InChI=1S/C4H10INP/c1-4(7)3-6(4)5-2/h3,7H2,1-2H3/q-1. The van der Waals surface area contributed by atoms with Gasteiger partial charge in [0, 0.05) is 0 Å². The number of halogens is 1. The summed E-state index contributed by atoms with van der Waals surface area (Å²) in [6.45, 7) is 3.57. The summed E-state index contributed by atoms with van der Waals surface area (Å²) in [6.07, 6.45) is 0. The Bertz CT molecular complexity index is 83.8. The van der Waals surface area contributed by atoms with Gasteiger partial charge in [-0.25, -0.2) is 0 Å². The molecule has 0 N–H and O–H groups in total. The van der Waals surface area contributed by atoms with Crippen molar-refractivity contribution in [2.24, 2.45) is 0 Å². The molecule has 0 radical (unpaired) electrons. The molecule has 3 unspecified atom stereocenters.